The maximum atomic E-state index is 9.98. The van der Waals surface area contributed by atoms with Gasteiger partial charge in [0.15, 0.2) is 0 Å². The molecule has 128 valence electrons. The van der Waals surface area contributed by atoms with Crippen molar-refractivity contribution in [2.45, 2.75) is 19.1 Å². The van der Waals surface area contributed by atoms with Crippen molar-refractivity contribution in [3.63, 3.8) is 0 Å². The van der Waals surface area contributed by atoms with Crippen molar-refractivity contribution in [3.8, 4) is 11.5 Å². The van der Waals surface area contributed by atoms with Crippen LogP contribution in [0.15, 0.2) is 42.5 Å². The molecule has 24 heavy (non-hydrogen) atoms. The van der Waals surface area contributed by atoms with E-state index in [2.05, 4.69) is 16.3 Å². The summed E-state index contributed by atoms with van der Waals surface area (Å²) in [7, 11) is 1.86. The number of ether oxygens (including phenoxy) is 1. The molecule has 1 aliphatic heterocycles. The summed E-state index contributed by atoms with van der Waals surface area (Å²) in [6, 6.07) is 13.6. The molecule has 0 aromatic heterocycles. The Hall–Kier alpha value is -1.59. The maximum Gasteiger partial charge on any atom is 0.130 e. The molecule has 2 aromatic carbocycles. The molecule has 1 heterocycles. The number of nitrogens with one attached hydrogen (secondary N) is 1. The van der Waals surface area contributed by atoms with Crippen LogP contribution in [0.2, 0.25) is 5.02 Å². The van der Waals surface area contributed by atoms with Crippen LogP contribution in [0.4, 0.5) is 0 Å². The Bertz CT molecular complexity index is 676. The minimum atomic E-state index is -0.343. The van der Waals surface area contributed by atoms with E-state index in [1.54, 1.807) is 0 Å². The van der Waals surface area contributed by atoms with Gasteiger partial charge in [0.1, 0.15) is 11.5 Å². The van der Waals surface area contributed by atoms with Gasteiger partial charge >= 0.3 is 0 Å². The summed E-state index contributed by atoms with van der Waals surface area (Å²) in [4.78, 5) is 2.29. The Labute approximate surface area is 148 Å². The molecule has 0 fully saturated rings. The molecule has 0 aliphatic carbocycles. The van der Waals surface area contributed by atoms with Crippen molar-refractivity contribution in [1.82, 2.24) is 10.2 Å². The SMILES string of the molecule is CNCC(O)CN1CCc2c(cccc2Oc2ccc(Cl)cc2)C1. The number of hydrogen-bond acceptors (Lipinski definition) is 4. The molecular formula is C19H23ClN2O2. The molecule has 1 atom stereocenters. The Morgan fingerprint density at radius 3 is 2.79 bits per heavy atom. The number of benzene rings is 2. The molecule has 3 rings (SSSR count). The van der Waals surface area contributed by atoms with Gasteiger partial charge in [-0.1, -0.05) is 23.7 Å². The van der Waals surface area contributed by atoms with Crippen molar-refractivity contribution < 1.29 is 9.84 Å². The zero-order chi connectivity index (χ0) is 16.9. The van der Waals surface area contributed by atoms with Gasteiger partial charge in [-0.25, -0.2) is 0 Å². The van der Waals surface area contributed by atoms with E-state index < -0.39 is 0 Å². The second-order valence-corrected chi connectivity index (χ2v) is 6.58. The minimum absolute atomic E-state index is 0.343. The minimum Gasteiger partial charge on any atom is -0.457 e. The van der Waals surface area contributed by atoms with E-state index in [1.807, 2.05) is 43.4 Å². The zero-order valence-electron chi connectivity index (χ0n) is 13.8. The number of halogens is 1. The molecular weight excluding hydrogens is 324 g/mol. The van der Waals surface area contributed by atoms with Gasteiger partial charge in [0.2, 0.25) is 0 Å². The first-order valence-electron chi connectivity index (χ1n) is 8.25. The first-order chi connectivity index (χ1) is 11.7. The first-order valence-corrected chi connectivity index (χ1v) is 8.62. The van der Waals surface area contributed by atoms with Crippen LogP contribution in [0.5, 0.6) is 11.5 Å². The predicted octanol–water partition coefficient (Wildman–Crippen LogP) is 3.07. The average Bonchev–Trinajstić information content (AvgIpc) is 2.57. The molecule has 0 bridgehead atoms. The van der Waals surface area contributed by atoms with E-state index in [0.717, 1.165) is 31.0 Å². The van der Waals surface area contributed by atoms with Gasteiger partial charge in [0, 0.05) is 36.8 Å². The fourth-order valence-corrected chi connectivity index (χ4v) is 3.24. The van der Waals surface area contributed by atoms with Crippen LogP contribution in [0.25, 0.3) is 0 Å². The Morgan fingerprint density at radius 2 is 2.04 bits per heavy atom. The number of hydrogen-bond donors (Lipinski definition) is 2. The summed E-state index contributed by atoms with van der Waals surface area (Å²) in [6.45, 7) is 3.06. The molecule has 0 radical (unpaired) electrons. The number of likely N-dealkylation sites (N-methyl/N-ethyl adjacent to an activating group) is 1. The van der Waals surface area contributed by atoms with Crippen LogP contribution in [-0.2, 0) is 13.0 Å². The van der Waals surface area contributed by atoms with Gasteiger partial charge in [-0.2, -0.15) is 0 Å². The topological polar surface area (TPSA) is 44.7 Å². The third kappa shape index (κ3) is 4.28. The van der Waals surface area contributed by atoms with Gasteiger partial charge < -0.3 is 15.2 Å². The molecule has 0 saturated heterocycles. The predicted molar refractivity (Wildman–Crippen MR) is 96.9 cm³/mol. The molecule has 4 nitrogen and oxygen atoms in total. The van der Waals surface area contributed by atoms with E-state index in [9.17, 15) is 5.11 Å². The fraction of sp³-hybridized carbons (Fsp3) is 0.368. The largest absolute Gasteiger partial charge is 0.457 e. The summed E-state index contributed by atoms with van der Waals surface area (Å²) in [6.07, 6.45) is 0.579. The summed E-state index contributed by atoms with van der Waals surface area (Å²) in [5.74, 6) is 1.70. The monoisotopic (exact) mass is 346 g/mol. The lowest BCUT2D eigenvalue weighted by atomic mass is 9.98. The lowest BCUT2D eigenvalue weighted by Gasteiger charge is -2.31. The Balaban J connectivity index is 1.71. The number of β-amino-alcohol motifs (C(OH)–C–C–N with tert-alkyl or cyclic N) is 1. The van der Waals surface area contributed by atoms with Crippen molar-refractivity contribution in [1.29, 1.82) is 0 Å². The number of fused-ring (bicyclic) bond motifs is 1. The smallest absolute Gasteiger partial charge is 0.130 e. The van der Waals surface area contributed by atoms with Crippen LogP contribution < -0.4 is 10.1 Å². The third-order valence-corrected chi connectivity index (χ3v) is 4.50. The summed E-state index contributed by atoms with van der Waals surface area (Å²) in [5, 5.41) is 13.7. The highest BCUT2D eigenvalue weighted by atomic mass is 35.5. The van der Waals surface area contributed by atoms with Crippen LogP contribution >= 0.6 is 11.6 Å². The summed E-state index contributed by atoms with van der Waals surface area (Å²) >= 11 is 5.92. The van der Waals surface area contributed by atoms with Crippen molar-refractivity contribution >= 4 is 11.6 Å². The molecule has 0 spiro atoms. The van der Waals surface area contributed by atoms with Crippen molar-refractivity contribution in [3.05, 3.63) is 58.6 Å². The molecule has 1 aliphatic rings. The van der Waals surface area contributed by atoms with E-state index in [4.69, 9.17) is 16.3 Å². The normalized spacial score (nSPS) is 15.8. The lowest BCUT2D eigenvalue weighted by Crippen LogP contribution is -2.40. The number of aliphatic hydroxyl groups excluding tert-OH is 1. The average molecular weight is 347 g/mol. The van der Waals surface area contributed by atoms with Gasteiger partial charge in [0.25, 0.3) is 0 Å². The van der Waals surface area contributed by atoms with Gasteiger partial charge in [0.05, 0.1) is 6.10 Å². The quantitative estimate of drug-likeness (QED) is 0.843. The number of aliphatic hydroxyl groups is 1. The molecule has 2 N–H and O–H groups in total. The van der Waals surface area contributed by atoms with E-state index in [1.165, 1.54) is 11.1 Å². The van der Waals surface area contributed by atoms with Crippen LogP contribution in [-0.4, -0.2) is 42.8 Å². The second-order valence-electron chi connectivity index (χ2n) is 6.15. The van der Waals surface area contributed by atoms with Crippen molar-refractivity contribution in [2.75, 3.05) is 26.7 Å². The first kappa shape index (κ1) is 17.2. The summed E-state index contributed by atoms with van der Waals surface area (Å²) < 4.78 is 6.05. The van der Waals surface area contributed by atoms with E-state index >= 15 is 0 Å². The number of rotatable bonds is 6. The van der Waals surface area contributed by atoms with Crippen molar-refractivity contribution in [2.24, 2.45) is 0 Å². The van der Waals surface area contributed by atoms with Crippen LogP contribution in [0, 0.1) is 0 Å². The second kappa shape index (κ2) is 7.99. The fourth-order valence-electron chi connectivity index (χ4n) is 3.11. The van der Waals surface area contributed by atoms with Gasteiger partial charge in [-0.15, -0.1) is 0 Å². The molecule has 1 unspecified atom stereocenters. The third-order valence-electron chi connectivity index (χ3n) is 4.25. The highest BCUT2D eigenvalue weighted by Gasteiger charge is 2.21. The standard InChI is InChI=1S/C19H23ClN2O2/c1-21-11-16(23)13-22-10-9-18-14(12-22)3-2-4-19(18)24-17-7-5-15(20)6-8-17/h2-8,16,21,23H,9-13H2,1H3. The zero-order valence-corrected chi connectivity index (χ0v) is 14.6. The van der Waals surface area contributed by atoms with E-state index in [-0.39, 0.29) is 6.10 Å². The van der Waals surface area contributed by atoms with E-state index in [0.29, 0.717) is 18.1 Å². The van der Waals surface area contributed by atoms with Gasteiger partial charge in [-0.3, -0.25) is 4.90 Å². The summed E-state index contributed by atoms with van der Waals surface area (Å²) in [5.41, 5.74) is 2.52. The molecule has 0 saturated carbocycles. The van der Waals surface area contributed by atoms with Crippen LogP contribution in [0.1, 0.15) is 11.1 Å². The Kier molecular flexibility index (Phi) is 5.74. The highest BCUT2D eigenvalue weighted by Crippen LogP contribution is 2.31. The Morgan fingerprint density at radius 1 is 1.25 bits per heavy atom. The lowest BCUT2D eigenvalue weighted by molar-refractivity contribution is 0.106. The number of nitrogens with zero attached hydrogens (tertiary/aromatic N) is 1. The highest BCUT2D eigenvalue weighted by molar-refractivity contribution is 6.30. The molecule has 0 amide bonds. The van der Waals surface area contributed by atoms with Gasteiger partial charge in [-0.05, 0) is 49.4 Å². The maximum absolute atomic E-state index is 9.98. The molecule has 2 aromatic rings. The van der Waals surface area contributed by atoms with Crippen LogP contribution in [0.3, 0.4) is 0 Å². The molecule has 5 heteroatoms.